The highest BCUT2D eigenvalue weighted by molar-refractivity contribution is 7.70. The second kappa shape index (κ2) is 12.6. The van der Waals surface area contributed by atoms with Crippen LogP contribution in [0.25, 0.3) is 10.1 Å². The number of rotatable bonds is 8. The van der Waals surface area contributed by atoms with Crippen molar-refractivity contribution in [1.82, 2.24) is 4.90 Å². The maximum absolute atomic E-state index is 14.9. The number of nitriles is 1. The molecule has 1 fully saturated rings. The van der Waals surface area contributed by atoms with Crippen LogP contribution < -0.4 is 20.7 Å². The summed E-state index contributed by atoms with van der Waals surface area (Å²) in [5.74, 6) is 6.09. The maximum atomic E-state index is 14.9. The first kappa shape index (κ1) is 29.8. The number of ether oxygens (including phenoxy) is 1. The molecule has 1 aromatic heterocycles. The molecule has 0 bridgehead atoms. The summed E-state index contributed by atoms with van der Waals surface area (Å²) in [5, 5.41) is 17.3. The van der Waals surface area contributed by atoms with Crippen molar-refractivity contribution in [1.29, 1.82) is 5.26 Å². The minimum absolute atomic E-state index is 0.108. The smallest absolute Gasteiger partial charge is 0.273 e. The number of methoxy groups -OCH3 is 1. The van der Waals surface area contributed by atoms with Gasteiger partial charge in [0.2, 0.25) is 0 Å². The molecule has 40 heavy (non-hydrogen) atoms. The molecule has 1 aliphatic rings. The number of nitrogens with one attached hydrogen (secondary N) is 2. The monoisotopic (exact) mass is 588 g/mol. The standard InChI is InChI=1S/C29H32F3N4O2PS/c1-36-14-12-21(18(16-33)17-36)35-23-8-5-7-20-26(27(30)29(31)32)25(40-28(20)23)9-6-13-34-22-11-10-19(39(3,4)37)15-24(22)38-2/h5,7-8,10-11,15,18,21,27,29,34-35H,12-14,17H2,1-4H3. The molecule has 0 aliphatic carbocycles. The van der Waals surface area contributed by atoms with Gasteiger partial charge in [0.25, 0.3) is 6.43 Å². The molecular formula is C29H32F3N4O2PS. The molecule has 0 amide bonds. The van der Waals surface area contributed by atoms with Crippen molar-refractivity contribution < 1.29 is 22.5 Å². The van der Waals surface area contributed by atoms with E-state index in [1.165, 1.54) is 18.4 Å². The van der Waals surface area contributed by atoms with Crippen LogP contribution in [0.1, 0.15) is 23.0 Å². The van der Waals surface area contributed by atoms with Gasteiger partial charge in [0.1, 0.15) is 12.9 Å². The van der Waals surface area contributed by atoms with Crippen molar-refractivity contribution in [3.8, 4) is 23.7 Å². The van der Waals surface area contributed by atoms with E-state index < -0.39 is 19.7 Å². The molecule has 3 atom stereocenters. The van der Waals surface area contributed by atoms with E-state index in [4.69, 9.17) is 4.74 Å². The number of benzene rings is 2. The van der Waals surface area contributed by atoms with E-state index in [0.717, 1.165) is 13.0 Å². The van der Waals surface area contributed by atoms with Crippen LogP contribution in [0.15, 0.2) is 36.4 Å². The van der Waals surface area contributed by atoms with Crippen LogP contribution in [0.5, 0.6) is 5.75 Å². The van der Waals surface area contributed by atoms with Crippen LogP contribution in [0, 0.1) is 29.1 Å². The third kappa shape index (κ3) is 6.58. The molecule has 3 unspecified atom stereocenters. The third-order valence-corrected chi connectivity index (χ3v) is 9.64. The van der Waals surface area contributed by atoms with Crippen molar-refractivity contribution in [2.45, 2.75) is 25.1 Å². The average Bonchev–Trinajstić information content (AvgIpc) is 3.30. The Hall–Kier alpha value is -3.17. The lowest BCUT2D eigenvalue weighted by Gasteiger charge is -2.34. The molecule has 0 radical (unpaired) electrons. The molecule has 0 saturated carbocycles. The lowest BCUT2D eigenvalue weighted by Crippen LogP contribution is -2.44. The van der Waals surface area contributed by atoms with E-state index in [1.807, 2.05) is 13.1 Å². The molecule has 2 aromatic carbocycles. The number of hydrogen-bond acceptors (Lipinski definition) is 7. The molecule has 11 heteroatoms. The predicted molar refractivity (Wildman–Crippen MR) is 158 cm³/mol. The highest BCUT2D eigenvalue weighted by atomic mass is 32.1. The van der Waals surface area contributed by atoms with Crippen molar-refractivity contribution in [2.75, 3.05) is 57.8 Å². The predicted octanol–water partition coefficient (Wildman–Crippen LogP) is 6.15. The van der Waals surface area contributed by atoms with Crippen molar-refractivity contribution in [3.63, 3.8) is 0 Å². The minimum atomic E-state index is -3.19. The number of halogens is 3. The lowest BCUT2D eigenvalue weighted by atomic mass is 9.93. The summed E-state index contributed by atoms with van der Waals surface area (Å²) >= 11 is 1.17. The zero-order valence-electron chi connectivity index (χ0n) is 22.8. The quantitative estimate of drug-likeness (QED) is 0.243. The number of piperidine rings is 1. The van der Waals surface area contributed by atoms with E-state index in [-0.39, 0.29) is 28.9 Å². The summed E-state index contributed by atoms with van der Waals surface area (Å²) in [6, 6.07) is 12.6. The van der Waals surface area contributed by atoms with Crippen LogP contribution in [-0.2, 0) is 4.57 Å². The van der Waals surface area contributed by atoms with Gasteiger partial charge in [0.05, 0.1) is 46.6 Å². The molecule has 2 N–H and O–H groups in total. The van der Waals surface area contributed by atoms with Crippen LogP contribution in [0.4, 0.5) is 24.5 Å². The van der Waals surface area contributed by atoms with Crippen molar-refractivity contribution in [2.24, 2.45) is 5.92 Å². The van der Waals surface area contributed by atoms with Gasteiger partial charge in [0.15, 0.2) is 6.17 Å². The SMILES string of the molecule is COc1cc(P(C)(C)=O)ccc1NCC#Cc1sc2c(NC3CCN(C)CC3C#N)cccc2c1C(F)C(F)F. The van der Waals surface area contributed by atoms with E-state index in [0.29, 0.717) is 39.1 Å². The fourth-order valence-electron chi connectivity index (χ4n) is 4.79. The molecule has 1 aliphatic heterocycles. The van der Waals surface area contributed by atoms with Crippen LogP contribution in [-0.4, -0.2) is 64.5 Å². The number of alkyl halides is 3. The van der Waals surface area contributed by atoms with Gasteiger partial charge in [-0.15, -0.1) is 11.3 Å². The third-order valence-electron chi connectivity index (χ3n) is 6.95. The largest absolute Gasteiger partial charge is 0.495 e. The summed E-state index contributed by atoms with van der Waals surface area (Å²) in [4.78, 5) is 2.34. The number of hydrogen-bond donors (Lipinski definition) is 2. The van der Waals surface area contributed by atoms with E-state index >= 15 is 0 Å². The molecule has 2 heterocycles. The van der Waals surface area contributed by atoms with Crippen LogP contribution in [0.2, 0.25) is 0 Å². The average molecular weight is 589 g/mol. The van der Waals surface area contributed by atoms with E-state index in [9.17, 15) is 23.0 Å². The van der Waals surface area contributed by atoms with Gasteiger partial charge in [-0.2, -0.15) is 5.26 Å². The zero-order chi connectivity index (χ0) is 29.0. The van der Waals surface area contributed by atoms with Crippen molar-refractivity contribution >= 4 is 45.2 Å². The van der Waals surface area contributed by atoms with Gasteiger partial charge in [0, 0.05) is 28.8 Å². The number of nitrogens with zero attached hydrogens (tertiary/aromatic N) is 2. The summed E-state index contributed by atoms with van der Waals surface area (Å²) in [7, 11) is 1.02. The number of fused-ring (bicyclic) bond motifs is 1. The van der Waals surface area contributed by atoms with Gasteiger partial charge in [-0.05, 0) is 57.6 Å². The van der Waals surface area contributed by atoms with Gasteiger partial charge in [-0.3, -0.25) is 0 Å². The molecule has 3 aromatic rings. The van der Waals surface area contributed by atoms with Gasteiger partial charge < -0.3 is 24.8 Å². The lowest BCUT2D eigenvalue weighted by molar-refractivity contribution is 0.0504. The summed E-state index contributed by atoms with van der Waals surface area (Å²) < 4.78 is 60.5. The van der Waals surface area contributed by atoms with Gasteiger partial charge in [-0.1, -0.05) is 24.0 Å². The fraction of sp³-hybridized carbons (Fsp3) is 0.414. The van der Waals surface area contributed by atoms with Crippen LogP contribution in [0.3, 0.4) is 0 Å². The highest BCUT2D eigenvalue weighted by Crippen LogP contribution is 2.43. The summed E-state index contributed by atoms with van der Waals surface area (Å²) in [5.41, 5.74) is 1.20. The minimum Gasteiger partial charge on any atom is -0.495 e. The molecule has 6 nitrogen and oxygen atoms in total. The summed E-state index contributed by atoms with van der Waals surface area (Å²) in [6.45, 7) is 4.96. The number of anilines is 2. The molecule has 4 rings (SSSR count). The van der Waals surface area contributed by atoms with Crippen molar-refractivity contribution in [3.05, 3.63) is 46.8 Å². The second-order valence-corrected chi connectivity index (χ2v) is 14.4. The topological polar surface area (TPSA) is 77.4 Å². The Balaban J connectivity index is 1.63. The van der Waals surface area contributed by atoms with Gasteiger partial charge in [-0.25, -0.2) is 13.2 Å². The van der Waals surface area contributed by atoms with Gasteiger partial charge >= 0.3 is 0 Å². The number of likely N-dealkylation sites (tertiary alicyclic amines) is 1. The Morgan fingerprint density at radius 3 is 2.67 bits per heavy atom. The summed E-state index contributed by atoms with van der Waals surface area (Å²) in [6.07, 6.45) is -4.92. The Morgan fingerprint density at radius 2 is 2.00 bits per heavy atom. The van der Waals surface area contributed by atoms with Crippen LogP contribution >= 0.6 is 18.5 Å². The zero-order valence-corrected chi connectivity index (χ0v) is 24.5. The highest BCUT2D eigenvalue weighted by Gasteiger charge is 2.31. The number of thiophene rings is 1. The maximum Gasteiger partial charge on any atom is 0.273 e. The Bertz CT molecular complexity index is 1520. The fourth-order valence-corrected chi connectivity index (χ4v) is 6.83. The second-order valence-electron chi connectivity index (χ2n) is 10.2. The Morgan fingerprint density at radius 1 is 1.23 bits per heavy atom. The van der Waals surface area contributed by atoms with E-state index in [1.54, 1.807) is 43.7 Å². The first-order valence-electron chi connectivity index (χ1n) is 12.8. The molecule has 212 valence electrons. The normalized spacial score (nSPS) is 18.6. The molecular weight excluding hydrogens is 556 g/mol. The van der Waals surface area contributed by atoms with E-state index in [2.05, 4.69) is 33.4 Å². The first-order valence-corrected chi connectivity index (χ1v) is 16.2. The Kier molecular flexibility index (Phi) is 9.36. The first-order chi connectivity index (χ1) is 19.0. The molecule has 0 spiro atoms. The molecule has 1 saturated heterocycles. The Labute approximate surface area is 236 Å².